The first-order chi connectivity index (χ1) is 11.9. The quantitative estimate of drug-likeness (QED) is 0.768. The van der Waals surface area contributed by atoms with Crippen LogP contribution in [0.25, 0.3) is 0 Å². The molecule has 1 aromatic rings. The first kappa shape index (κ1) is 18.8. The normalized spacial score (nSPS) is 15.8. The van der Waals surface area contributed by atoms with Crippen molar-refractivity contribution in [1.82, 2.24) is 4.90 Å². The minimum Gasteiger partial charge on any atom is -0.452 e. The average molecular weight is 343 g/mol. The van der Waals surface area contributed by atoms with Gasteiger partial charge in [0, 0.05) is 26.8 Å². The second-order valence-electron chi connectivity index (χ2n) is 6.67. The Morgan fingerprint density at radius 2 is 1.72 bits per heavy atom. The number of anilines is 1. The van der Waals surface area contributed by atoms with E-state index in [0.29, 0.717) is 18.4 Å². The van der Waals surface area contributed by atoms with Gasteiger partial charge in [-0.15, -0.1) is 0 Å². The summed E-state index contributed by atoms with van der Waals surface area (Å²) in [5.41, 5.74) is 0.601. The zero-order valence-corrected chi connectivity index (χ0v) is 15.1. The molecule has 1 saturated carbocycles. The summed E-state index contributed by atoms with van der Waals surface area (Å²) < 4.78 is 5.14. The lowest BCUT2D eigenvalue weighted by Gasteiger charge is -2.38. The van der Waals surface area contributed by atoms with Crippen LogP contribution in [-0.4, -0.2) is 50.1 Å². The third kappa shape index (κ3) is 4.30. The van der Waals surface area contributed by atoms with Crippen molar-refractivity contribution < 1.29 is 14.3 Å². The van der Waals surface area contributed by atoms with Crippen LogP contribution in [0.1, 0.15) is 42.5 Å². The van der Waals surface area contributed by atoms with Crippen molar-refractivity contribution in [3.8, 4) is 6.07 Å². The molecule has 2 rings (SSSR count). The topological polar surface area (TPSA) is 73.6 Å². The molecule has 0 aliphatic heterocycles. The first-order valence-electron chi connectivity index (χ1n) is 8.52. The van der Waals surface area contributed by atoms with Crippen LogP contribution < -0.4 is 4.90 Å². The molecule has 1 aliphatic rings. The van der Waals surface area contributed by atoms with Gasteiger partial charge in [-0.2, -0.15) is 5.26 Å². The highest BCUT2D eigenvalue weighted by atomic mass is 16.5. The second-order valence-corrected chi connectivity index (χ2v) is 6.67. The van der Waals surface area contributed by atoms with E-state index in [9.17, 15) is 14.9 Å². The van der Waals surface area contributed by atoms with Crippen LogP contribution in [-0.2, 0) is 9.53 Å². The van der Waals surface area contributed by atoms with Crippen molar-refractivity contribution in [2.24, 2.45) is 0 Å². The maximum atomic E-state index is 12.4. The summed E-state index contributed by atoms with van der Waals surface area (Å²) >= 11 is 0. The monoisotopic (exact) mass is 343 g/mol. The van der Waals surface area contributed by atoms with E-state index in [0.717, 1.165) is 24.9 Å². The van der Waals surface area contributed by atoms with Crippen LogP contribution in [0, 0.1) is 11.3 Å². The van der Waals surface area contributed by atoms with E-state index in [-0.39, 0.29) is 12.5 Å². The van der Waals surface area contributed by atoms with Gasteiger partial charge in [-0.3, -0.25) is 4.79 Å². The summed E-state index contributed by atoms with van der Waals surface area (Å²) in [6.07, 6.45) is 4.30. The van der Waals surface area contributed by atoms with E-state index in [1.165, 1.54) is 4.90 Å². The molecule has 0 unspecified atom stereocenters. The number of nitriles is 1. The minimum absolute atomic E-state index is 0.346. The number of hydrogen-bond donors (Lipinski definition) is 0. The third-order valence-corrected chi connectivity index (χ3v) is 4.85. The number of esters is 1. The maximum Gasteiger partial charge on any atom is 0.338 e. The van der Waals surface area contributed by atoms with Crippen LogP contribution in [0.15, 0.2) is 24.3 Å². The van der Waals surface area contributed by atoms with E-state index < -0.39 is 11.5 Å². The molecular weight excluding hydrogens is 318 g/mol. The Morgan fingerprint density at radius 3 is 2.24 bits per heavy atom. The lowest BCUT2D eigenvalue weighted by atomic mass is 9.81. The molecule has 0 N–H and O–H groups in total. The number of amides is 1. The minimum atomic E-state index is -0.769. The van der Waals surface area contributed by atoms with Gasteiger partial charge in [-0.25, -0.2) is 4.79 Å². The SMILES string of the molecule is CN(C)c1ccc(C(=O)OCC(=O)N(C)C2(C#N)CCCCC2)cc1. The Morgan fingerprint density at radius 1 is 1.12 bits per heavy atom. The van der Waals surface area contributed by atoms with Crippen molar-refractivity contribution in [3.63, 3.8) is 0 Å². The van der Waals surface area contributed by atoms with E-state index >= 15 is 0 Å². The molecule has 0 heterocycles. The summed E-state index contributed by atoms with van der Waals surface area (Å²) in [6, 6.07) is 9.27. The number of hydrogen-bond acceptors (Lipinski definition) is 5. The van der Waals surface area contributed by atoms with Crippen LogP contribution in [0.2, 0.25) is 0 Å². The highest BCUT2D eigenvalue weighted by Crippen LogP contribution is 2.32. The van der Waals surface area contributed by atoms with Crippen LogP contribution >= 0.6 is 0 Å². The van der Waals surface area contributed by atoms with Gasteiger partial charge in [-0.05, 0) is 37.1 Å². The number of carbonyl (C=O) groups is 2. The van der Waals surface area contributed by atoms with E-state index in [2.05, 4.69) is 6.07 Å². The summed E-state index contributed by atoms with van der Waals surface area (Å²) in [7, 11) is 5.45. The fourth-order valence-electron chi connectivity index (χ4n) is 3.10. The van der Waals surface area contributed by atoms with Gasteiger partial charge in [0.05, 0.1) is 11.6 Å². The van der Waals surface area contributed by atoms with Crippen LogP contribution in [0.4, 0.5) is 5.69 Å². The maximum absolute atomic E-state index is 12.4. The molecule has 1 aliphatic carbocycles. The number of rotatable bonds is 5. The second kappa shape index (κ2) is 8.02. The highest BCUT2D eigenvalue weighted by Gasteiger charge is 2.38. The van der Waals surface area contributed by atoms with Gasteiger partial charge in [0.25, 0.3) is 5.91 Å². The first-order valence-corrected chi connectivity index (χ1v) is 8.52. The summed E-state index contributed by atoms with van der Waals surface area (Å²) in [6.45, 7) is -0.353. The molecule has 0 saturated heterocycles. The van der Waals surface area contributed by atoms with E-state index in [1.807, 2.05) is 31.1 Å². The standard InChI is InChI=1S/C19H25N3O3/c1-21(2)16-9-7-15(8-10-16)18(24)25-13-17(23)22(3)19(14-20)11-5-4-6-12-19/h7-10H,4-6,11-13H2,1-3H3. The van der Waals surface area contributed by atoms with Gasteiger partial charge in [0.1, 0.15) is 5.54 Å². The molecule has 0 aromatic heterocycles. The lowest BCUT2D eigenvalue weighted by Crippen LogP contribution is -2.51. The molecule has 0 atom stereocenters. The molecule has 134 valence electrons. The largest absolute Gasteiger partial charge is 0.452 e. The van der Waals surface area contributed by atoms with Gasteiger partial charge in [-0.1, -0.05) is 19.3 Å². The Balaban J connectivity index is 1.94. The van der Waals surface area contributed by atoms with Crippen molar-refractivity contribution in [3.05, 3.63) is 29.8 Å². The van der Waals surface area contributed by atoms with Crippen molar-refractivity contribution in [2.75, 3.05) is 32.6 Å². The molecule has 6 nitrogen and oxygen atoms in total. The third-order valence-electron chi connectivity index (χ3n) is 4.85. The fraction of sp³-hybridized carbons (Fsp3) is 0.526. The van der Waals surface area contributed by atoms with Gasteiger partial charge < -0.3 is 14.5 Å². The fourth-order valence-corrected chi connectivity index (χ4v) is 3.10. The van der Waals surface area contributed by atoms with Crippen molar-refractivity contribution >= 4 is 17.6 Å². The molecule has 1 fully saturated rings. The van der Waals surface area contributed by atoms with Gasteiger partial charge >= 0.3 is 5.97 Å². The molecule has 0 spiro atoms. The number of nitrogens with zero attached hydrogens (tertiary/aromatic N) is 3. The van der Waals surface area contributed by atoms with Crippen LogP contribution in [0.3, 0.4) is 0 Å². The Labute approximate surface area is 149 Å². The smallest absolute Gasteiger partial charge is 0.338 e. The zero-order valence-electron chi connectivity index (χ0n) is 15.1. The molecule has 1 aromatic carbocycles. The number of likely N-dealkylation sites (N-methyl/N-ethyl adjacent to an activating group) is 1. The molecule has 1 amide bonds. The average Bonchev–Trinajstić information content (AvgIpc) is 2.65. The number of carbonyl (C=O) groups excluding carboxylic acids is 2. The summed E-state index contributed by atoms with van der Waals surface area (Å²) in [5, 5.41) is 9.53. The highest BCUT2D eigenvalue weighted by molar-refractivity contribution is 5.91. The summed E-state index contributed by atoms with van der Waals surface area (Å²) in [5.74, 6) is -0.886. The Kier molecular flexibility index (Phi) is 6.02. The molecule has 25 heavy (non-hydrogen) atoms. The Hall–Kier alpha value is -2.55. The summed E-state index contributed by atoms with van der Waals surface area (Å²) in [4.78, 5) is 27.9. The predicted octanol–water partition coefficient (Wildman–Crippen LogP) is 2.59. The molecule has 0 radical (unpaired) electrons. The van der Waals surface area contributed by atoms with Crippen molar-refractivity contribution in [1.29, 1.82) is 5.26 Å². The van der Waals surface area contributed by atoms with Crippen molar-refractivity contribution in [2.45, 2.75) is 37.6 Å². The van der Waals surface area contributed by atoms with Gasteiger partial charge in [0.2, 0.25) is 0 Å². The molecule has 0 bridgehead atoms. The van der Waals surface area contributed by atoms with E-state index in [4.69, 9.17) is 4.74 Å². The number of ether oxygens (including phenoxy) is 1. The zero-order chi connectivity index (χ0) is 18.4. The Bertz CT molecular complexity index is 655. The lowest BCUT2D eigenvalue weighted by molar-refractivity contribution is -0.138. The molecular formula is C19H25N3O3. The molecule has 6 heteroatoms. The van der Waals surface area contributed by atoms with Crippen LogP contribution in [0.5, 0.6) is 0 Å². The van der Waals surface area contributed by atoms with E-state index in [1.54, 1.807) is 19.2 Å². The predicted molar refractivity (Wildman–Crippen MR) is 95.3 cm³/mol. The number of benzene rings is 1. The van der Waals surface area contributed by atoms with Gasteiger partial charge in [0.15, 0.2) is 6.61 Å².